The van der Waals surface area contributed by atoms with Gasteiger partial charge in [0.2, 0.25) is 0 Å². The predicted molar refractivity (Wildman–Crippen MR) is 62.8 cm³/mol. The van der Waals surface area contributed by atoms with Crippen molar-refractivity contribution in [1.82, 2.24) is 0 Å². The van der Waals surface area contributed by atoms with Crippen molar-refractivity contribution in [3.8, 4) is 5.75 Å². The molecule has 0 radical (unpaired) electrons. The van der Waals surface area contributed by atoms with Crippen LogP contribution in [0.4, 0.5) is 4.79 Å². The SMILES string of the molecule is CC(C)OC(=O)Oc1ccccc1C(C)C. The van der Waals surface area contributed by atoms with Gasteiger partial charge in [-0.25, -0.2) is 4.79 Å². The van der Waals surface area contributed by atoms with Crippen molar-refractivity contribution in [3.63, 3.8) is 0 Å². The summed E-state index contributed by atoms with van der Waals surface area (Å²) in [6, 6.07) is 7.49. The molecular formula is C13H18O3. The Morgan fingerprint density at radius 1 is 1.12 bits per heavy atom. The Kier molecular flexibility index (Phi) is 4.35. The lowest BCUT2D eigenvalue weighted by Gasteiger charge is -2.13. The molecule has 0 fully saturated rings. The molecule has 1 aromatic carbocycles. The lowest BCUT2D eigenvalue weighted by molar-refractivity contribution is 0.0725. The van der Waals surface area contributed by atoms with Crippen LogP contribution in [0.25, 0.3) is 0 Å². The molecule has 1 rings (SSSR count). The van der Waals surface area contributed by atoms with Crippen LogP contribution in [0.5, 0.6) is 5.75 Å². The van der Waals surface area contributed by atoms with Crippen molar-refractivity contribution < 1.29 is 14.3 Å². The number of carbonyl (C=O) groups is 1. The zero-order valence-electron chi connectivity index (χ0n) is 10.2. The van der Waals surface area contributed by atoms with Gasteiger partial charge in [-0.3, -0.25) is 0 Å². The fraction of sp³-hybridized carbons (Fsp3) is 0.462. The summed E-state index contributed by atoms with van der Waals surface area (Å²) < 4.78 is 10.1. The highest BCUT2D eigenvalue weighted by atomic mass is 16.7. The van der Waals surface area contributed by atoms with E-state index in [4.69, 9.17) is 9.47 Å². The second-order valence-electron chi connectivity index (χ2n) is 4.21. The zero-order chi connectivity index (χ0) is 12.1. The van der Waals surface area contributed by atoms with Crippen molar-refractivity contribution in [2.45, 2.75) is 39.7 Å². The third-order valence-electron chi connectivity index (χ3n) is 2.07. The van der Waals surface area contributed by atoms with E-state index in [1.54, 1.807) is 19.9 Å². The Hall–Kier alpha value is -1.51. The summed E-state index contributed by atoms with van der Waals surface area (Å²) in [6.07, 6.45) is -0.818. The minimum atomic E-state index is -0.650. The van der Waals surface area contributed by atoms with Gasteiger partial charge in [-0.2, -0.15) is 0 Å². The molecule has 1 aromatic rings. The number of para-hydroxylation sites is 1. The second-order valence-corrected chi connectivity index (χ2v) is 4.21. The van der Waals surface area contributed by atoms with Crippen LogP contribution in [-0.2, 0) is 4.74 Å². The van der Waals surface area contributed by atoms with E-state index in [1.807, 2.05) is 18.2 Å². The fourth-order valence-corrected chi connectivity index (χ4v) is 1.36. The smallest absolute Gasteiger partial charge is 0.431 e. The van der Waals surface area contributed by atoms with Crippen LogP contribution in [0, 0.1) is 0 Å². The Labute approximate surface area is 96.4 Å². The van der Waals surface area contributed by atoms with Gasteiger partial charge in [0.05, 0.1) is 6.10 Å². The van der Waals surface area contributed by atoms with E-state index >= 15 is 0 Å². The molecule has 0 aliphatic heterocycles. The summed E-state index contributed by atoms with van der Waals surface area (Å²) in [5.41, 5.74) is 1.00. The molecule has 0 spiro atoms. The summed E-state index contributed by atoms with van der Waals surface area (Å²) in [4.78, 5) is 11.4. The molecule has 0 aliphatic rings. The minimum absolute atomic E-state index is 0.168. The van der Waals surface area contributed by atoms with Crippen LogP contribution in [0.15, 0.2) is 24.3 Å². The summed E-state index contributed by atoms with van der Waals surface area (Å²) in [6.45, 7) is 7.68. The number of ether oxygens (including phenoxy) is 2. The standard InChI is InChI=1S/C13H18O3/c1-9(2)11-7-5-6-8-12(11)16-13(14)15-10(3)4/h5-10H,1-4H3. The third-order valence-corrected chi connectivity index (χ3v) is 2.07. The maximum Gasteiger partial charge on any atom is 0.514 e. The number of hydrogen-bond acceptors (Lipinski definition) is 3. The lowest BCUT2D eigenvalue weighted by Crippen LogP contribution is -2.16. The van der Waals surface area contributed by atoms with E-state index in [2.05, 4.69) is 13.8 Å². The lowest BCUT2D eigenvalue weighted by atomic mass is 10.0. The van der Waals surface area contributed by atoms with Gasteiger partial charge in [-0.05, 0) is 31.4 Å². The van der Waals surface area contributed by atoms with Crippen molar-refractivity contribution in [2.24, 2.45) is 0 Å². The maximum absolute atomic E-state index is 11.4. The van der Waals surface area contributed by atoms with E-state index < -0.39 is 6.16 Å². The van der Waals surface area contributed by atoms with Crippen molar-refractivity contribution in [3.05, 3.63) is 29.8 Å². The van der Waals surface area contributed by atoms with Crippen LogP contribution in [0.2, 0.25) is 0 Å². The van der Waals surface area contributed by atoms with Crippen LogP contribution in [0.3, 0.4) is 0 Å². The Morgan fingerprint density at radius 2 is 1.75 bits per heavy atom. The van der Waals surface area contributed by atoms with Gasteiger partial charge in [-0.1, -0.05) is 32.0 Å². The van der Waals surface area contributed by atoms with Gasteiger partial charge in [-0.15, -0.1) is 0 Å². The van der Waals surface area contributed by atoms with Gasteiger partial charge in [0, 0.05) is 0 Å². The molecule has 0 aliphatic carbocycles. The molecule has 16 heavy (non-hydrogen) atoms. The van der Waals surface area contributed by atoms with Crippen LogP contribution >= 0.6 is 0 Å². The normalized spacial score (nSPS) is 10.6. The number of rotatable bonds is 3. The first-order valence-corrected chi connectivity index (χ1v) is 5.48. The first-order valence-electron chi connectivity index (χ1n) is 5.48. The van der Waals surface area contributed by atoms with Crippen molar-refractivity contribution in [2.75, 3.05) is 0 Å². The number of carbonyl (C=O) groups excluding carboxylic acids is 1. The van der Waals surface area contributed by atoms with Gasteiger partial charge in [0.1, 0.15) is 5.75 Å². The third kappa shape index (κ3) is 3.57. The maximum atomic E-state index is 11.4. The Bertz CT molecular complexity index is 356. The molecule has 0 aromatic heterocycles. The molecule has 88 valence electrons. The Balaban J connectivity index is 2.77. The molecule has 0 saturated heterocycles. The first kappa shape index (κ1) is 12.6. The van der Waals surface area contributed by atoms with Crippen molar-refractivity contribution in [1.29, 1.82) is 0 Å². The largest absolute Gasteiger partial charge is 0.514 e. The minimum Gasteiger partial charge on any atom is -0.431 e. The topological polar surface area (TPSA) is 35.5 Å². The van der Waals surface area contributed by atoms with E-state index in [1.165, 1.54) is 0 Å². The molecule has 0 amide bonds. The highest BCUT2D eigenvalue weighted by molar-refractivity contribution is 5.64. The molecular weight excluding hydrogens is 204 g/mol. The highest BCUT2D eigenvalue weighted by Crippen LogP contribution is 2.26. The first-order chi connectivity index (χ1) is 7.50. The molecule has 0 atom stereocenters. The summed E-state index contributed by atoms with van der Waals surface area (Å²) in [5.74, 6) is 0.881. The molecule has 0 unspecified atom stereocenters. The van der Waals surface area contributed by atoms with Gasteiger partial charge in [0.25, 0.3) is 0 Å². The van der Waals surface area contributed by atoms with E-state index in [9.17, 15) is 4.79 Å². The molecule has 0 bridgehead atoms. The monoisotopic (exact) mass is 222 g/mol. The number of hydrogen-bond donors (Lipinski definition) is 0. The van der Waals surface area contributed by atoms with E-state index in [-0.39, 0.29) is 6.10 Å². The molecule has 0 N–H and O–H groups in total. The summed E-state index contributed by atoms with van der Waals surface area (Å²) in [7, 11) is 0. The van der Waals surface area contributed by atoms with Crippen molar-refractivity contribution >= 4 is 6.16 Å². The average molecular weight is 222 g/mol. The van der Waals surface area contributed by atoms with Gasteiger partial charge >= 0.3 is 6.16 Å². The molecule has 3 nitrogen and oxygen atoms in total. The van der Waals surface area contributed by atoms with E-state index in [0.717, 1.165) is 5.56 Å². The van der Waals surface area contributed by atoms with Crippen LogP contribution in [0.1, 0.15) is 39.2 Å². The van der Waals surface area contributed by atoms with Gasteiger partial charge < -0.3 is 9.47 Å². The number of benzene rings is 1. The molecule has 3 heteroatoms. The Morgan fingerprint density at radius 3 is 2.31 bits per heavy atom. The second kappa shape index (κ2) is 5.54. The predicted octanol–water partition coefficient (Wildman–Crippen LogP) is 3.73. The summed E-state index contributed by atoms with van der Waals surface area (Å²) >= 11 is 0. The average Bonchev–Trinajstić information content (AvgIpc) is 2.16. The fourth-order valence-electron chi connectivity index (χ4n) is 1.36. The van der Waals surface area contributed by atoms with Crippen LogP contribution < -0.4 is 4.74 Å². The highest BCUT2D eigenvalue weighted by Gasteiger charge is 2.12. The molecule has 0 saturated carbocycles. The summed E-state index contributed by atoms with van der Waals surface area (Å²) in [5, 5.41) is 0. The molecule has 0 heterocycles. The quantitative estimate of drug-likeness (QED) is 0.577. The van der Waals surface area contributed by atoms with Gasteiger partial charge in [0.15, 0.2) is 0 Å². The van der Waals surface area contributed by atoms with E-state index in [0.29, 0.717) is 11.7 Å². The van der Waals surface area contributed by atoms with Crippen LogP contribution in [-0.4, -0.2) is 12.3 Å². The zero-order valence-corrected chi connectivity index (χ0v) is 10.2.